The minimum absolute atomic E-state index is 0.833. The van der Waals surface area contributed by atoms with E-state index >= 15 is 0 Å². The first-order valence-corrected chi connectivity index (χ1v) is 35.9. The Kier molecular flexibility index (Phi) is 17.0. The molecular formula is C48H78N4OSi4. The Bertz CT molecular complexity index is 1590. The smallest absolute Gasteiger partial charge is 0.187 e. The normalized spacial score (nSPS) is 14.1. The predicted octanol–water partition coefficient (Wildman–Crippen LogP) is 13.1. The Balaban J connectivity index is 0.000000403. The molecule has 5 nitrogen and oxygen atoms in total. The molecule has 1 heterocycles. The molecule has 4 aromatic rings. The standard InChI is InChI=1S/C36H57N3Si3.C12H21NOSi/c1-40(2,3)25-22-31-10-16-34(17-11-31)37-28-38(35-18-12-32(13-19-35)23-26-41(4,5)6)30-39(29-37)36-20-14-33(15-21-36)24-27-42(7,8)9;1-4-14-15(2,3)10-9-11-5-7-12(13)8-6-11/h10-21H,22-30H2,1-9H3;5-8H,4,9-10,13H2,1-3H3. The van der Waals surface area contributed by atoms with Gasteiger partial charge in [0, 0.05) is 53.6 Å². The number of aryl methyl sites for hydroxylation is 4. The van der Waals surface area contributed by atoms with Crippen molar-refractivity contribution in [1.29, 1.82) is 0 Å². The number of hydrogen-bond acceptors (Lipinski definition) is 5. The van der Waals surface area contributed by atoms with E-state index < -0.39 is 32.5 Å². The Hall–Kier alpha value is -3.09. The Labute approximate surface area is 353 Å². The molecule has 0 saturated carbocycles. The highest BCUT2D eigenvalue weighted by Gasteiger charge is 2.25. The molecule has 0 aliphatic carbocycles. The van der Waals surface area contributed by atoms with Crippen LogP contribution in [-0.4, -0.2) is 59.2 Å². The lowest BCUT2D eigenvalue weighted by molar-refractivity contribution is 0.329. The maximum Gasteiger partial charge on any atom is 0.187 e. The Morgan fingerprint density at radius 3 is 0.947 bits per heavy atom. The van der Waals surface area contributed by atoms with Crippen LogP contribution >= 0.6 is 0 Å². The zero-order valence-corrected chi connectivity index (χ0v) is 42.1. The van der Waals surface area contributed by atoms with Crippen LogP contribution in [0.15, 0.2) is 97.1 Å². The fraction of sp³-hybridized carbons (Fsp3) is 0.500. The largest absolute Gasteiger partial charge is 0.418 e. The molecule has 1 aliphatic heterocycles. The van der Waals surface area contributed by atoms with Crippen molar-refractivity contribution in [2.45, 2.75) is 129 Å². The summed E-state index contributed by atoms with van der Waals surface area (Å²) in [6.07, 6.45) is 4.69. The molecule has 1 aliphatic rings. The topological polar surface area (TPSA) is 45.0 Å². The van der Waals surface area contributed by atoms with Gasteiger partial charge in [0.05, 0.1) is 20.0 Å². The summed E-state index contributed by atoms with van der Waals surface area (Å²) in [6.45, 7) is 32.3. The molecule has 0 amide bonds. The van der Waals surface area contributed by atoms with Gasteiger partial charge in [0.15, 0.2) is 8.32 Å². The third-order valence-corrected chi connectivity index (χ3v) is 18.7. The van der Waals surface area contributed by atoms with Crippen LogP contribution in [0.25, 0.3) is 0 Å². The number of nitrogens with zero attached hydrogens (tertiary/aromatic N) is 3. The maximum atomic E-state index is 5.79. The quantitative estimate of drug-likeness (QED) is 0.0848. The van der Waals surface area contributed by atoms with Gasteiger partial charge in [0.1, 0.15) is 0 Å². The van der Waals surface area contributed by atoms with E-state index in [9.17, 15) is 0 Å². The average Bonchev–Trinajstić information content (AvgIpc) is 3.15. The fourth-order valence-corrected chi connectivity index (χ4v) is 11.9. The lowest BCUT2D eigenvalue weighted by Crippen LogP contribution is -2.55. The molecule has 0 aromatic heterocycles. The monoisotopic (exact) mass is 839 g/mol. The summed E-state index contributed by atoms with van der Waals surface area (Å²) in [7, 11) is -4.54. The van der Waals surface area contributed by atoms with Gasteiger partial charge in [-0.1, -0.05) is 126 Å². The number of nitrogens with two attached hydrogens (primary N) is 1. The molecule has 0 bridgehead atoms. The fourth-order valence-electron chi connectivity index (χ4n) is 7.01. The Morgan fingerprint density at radius 1 is 0.421 bits per heavy atom. The number of hydrogen-bond donors (Lipinski definition) is 1. The second kappa shape index (κ2) is 20.7. The number of benzene rings is 4. The lowest BCUT2D eigenvalue weighted by Gasteiger charge is -2.45. The second-order valence-electron chi connectivity index (χ2n) is 20.7. The van der Waals surface area contributed by atoms with Crippen molar-refractivity contribution in [3.8, 4) is 0 Å². The summed E-state index contributed by atoms with van der Waals surface area (Å²) in [5.41, 5.74) is 16.1. The van der Waals surface area contributed by atoms with E-state index in [1.165, 1.54) is 82.8 Å². The van der Waals surface area contributed by atoms with Crippen LogP contribution in [-0.2, 0) is 30.1 Å². The zero-order valence-electron chi connectivity index (χ0n) is 38.1. The summed E-state index contributed by atoms with van der Waals surface area (Å²) >= 11 is 0. The molecule has 2 N–H and O–H groups in total. The number of rotatable bonds is 17. The summed E-state index contributed by atoms with van der Waals surface area (Å²) in [6, 6.07) is 41.6. The molecule has 5 rings (SSSR count). The van der Waals surface area contributed by atoms with Crippen molar-refractivity contribution in [2.24, 2.45) is 0 Å². The van der Waals surface area contributed by atoms with Crippen LogP contribution in [0.1, 0.15) is 29.2 Å². The first kappa shape index (κ1) is 46.6. The van der Waals surface area contributed by atoms with Gasteiger partial charge >= 0.3 is 0 Å². The zero-order chi connectivity index (χ0) is 41.9. The van der Waals surface area contributed by atoms with Crippen molar-refractivity contribution >= 4 is 55.3 Å². The van der Waals surface area contributed by atoms with Gasteiger partial charge in [-0.3, -0.25) is 0 Å². The molecule has 4 aromatic carbocycles. The predicted molar refractivity (Wildman–Crippen MR) is 265 cm³/mol. The van der Waals surface area contributed by atoms with Crippen LogP contribution in [0.4, 0.5) is 22.7 Å². The second-order valence-corrected chi connectivity index (χ2v) is 41.8. The third-order valence-electron chi connectivity index (χ3n) is 11.0. The minimum atomic E-state index is -1.43. The first-order chi connectivity index (χ1) is 26.7. The molecule has 312 valence electrons. The molecule has 1 fully saturated rings. The molecule has 0 atom stereocenters. The van der Waals surface area contributed by atoms with Crippen LogP contribution in [0, 0.1) is 0 Å². The molecule has 9 heteroatoms. The van der Waals surface area contributed by atoms with Crippen LogP contribution in [0.5, 0.6) is 0 Å². The van der Waals surface area contributed by atoms with Gasteiger partial charge in [0.2, 0.25) is 0 Å². The average molecular weight is 840 g/mol. The number of anilines is 4. The Morgan fingerprint density at radius 2 is 0.684 bits per heavy atom. The molecule has 0 radical (unpaired) electrons. The van der Waals surface area contributed by atoms with E-state index in [2.05, 4.69) is 179 Å². The van der Waals surface area contributed by atoms with E-state index in [0.717, 1.165) is 38.7 Å². The van der Waals surface area contributed by atoms with E-state index in [1.807, 2.05) is 12.1 Å². The van der Waals surface area contributed by atoms with Gasteiger partial charge in [0.25, 0.3) is 0 Å². The summed E-state index contributed by atoms with van der Waals surface area (Å²) in [5.74, 6) is 0. The van der Waals surface area contributed by atoms with Crippen LogP contribution in [0.2, 0.25) is 96.2 Å². The first-order valence-electron chi connectivity index (χ1n) is 21.7. The van der Waals surface area contributed by atoms with Gasteiger partial charge in [-0.25, -0.2) is 0 Å². The SMILES string of the molecule is CCO[Si](C)(C)CCc1ccc(N)cc1.C[Si](C)(C)CCc1ccc(N2CN(c3ccc(CC[Si](C)(C)C)cc3)CN(c3ccc(CC[Si](C)(C)C)cc3)C2)cc1. The van der Waals surface area contributed by atoms with Crippen molar-refractivity contribution in [3.05, 3.63) is 119 Å². The highest BCUT2D eigenvalue weighted by Crippen LogP contribution is 2.29. The maximum absolute atomic E-state index is 5.79. The van der Waals surface area contributed by atoms with E-state index in [0.29, 0.717) is 0 Å². The summed E-state index contributed by atoms with van der Waals surface area (Å²) in [4.78, 5) is 7.60. The number of nitrogen functional groups attached to an aromatic ring is 1. The van der Waals surface area contributed by atoms with Crippen molar-refractivity contribution in [1.82, 2.24) is 0 Å². The lowest BCUT2D eigenvalue weighted by atomic mass is 10.1. The molecule has 1 saturated heterocycles. The van der Waals surface area contributed by atoms with Gasteiger partial charge in [-0.15, -0.1) is 0 Å². The molecular weight excluding hydrogens is 761 g/mol. The van der Waals surface area contributed by atoms with E-state index in [4.69, 9.17) is 10.2 Å². The molecule has 0 spiro atoms. The van der Waals surface area contributed by atoms with Gasteiger partial charge < -0.3 is 24.9 Å². The van der Waals surface area contributed by atoms with Gasteiger partial charge in [-0.05, 0) is 123 Å². The highest BCUT2D eigenvalue weighted by atomic mass is 28.4. The third kappa shape index (κ3) is 17.3. The van der Waals surface area contributed by atoms with Crippen molar-refractivity contribution in [3.63, 3.8) is 0 Å². The summed E-state index contributed by atoms with van der Waals surface area (Å²) < 4.78 is 5.79. The summed E-state index contributed by atoms with van der Waals surface area (Å²) in [5, 5.41) is 0. The minimum Gasteiger partial charge on any atom is -0.418 e. The highest BCUT2D eigenvalue weighted by molar-refractivity contribution is 6.76. The van der Waals surface area contributed by atoms with Crippen LogP contribution in [0.3, 0.4) is 0 Å². The van der Waals surface area contributed by atoms with E-state index in [1.54, 1.807) is 0 Å². The van der Waals surface area contributed by atoms with Crippen LogP contribution < -0.4 is 20.4 Å². The molecule has 57 heavy (non-hydrogen) atoms. The van der Waals surface area contributed by atoms with Crippen molar-refractivity contribution in [2.75, 3.05) is 47.0 Å². The van der Waals surface area contributed by atoms with E-state index in [-0.39, 0.29) is 0 Å². The van der Waals surface area contributed by atoms with Crippen molar-refractivity contribution < 1.29 is 4.43 Å². The molecule has 0 unspecified atom stereocenters. The van der Waals surface area contributed by atoms with Gasteiger partial charge in [-0.2, -0.15) is 0 Å².